The van der Waals surface area contributed by atoms with Crippen LogP contribution in [0.1, 0.15) is 130 Å². The zero-order valence-electron chi connectivity index (χ0n) is 81.5. The van der Waals surface area contributed by atoms with E-state index in [1.54, 1.807) is 71.9 Å². The minimum Gasteiger partial charge on any atom is -0.444 e. The van der Waals surface area contributed by atoms with Gasteiger partial charge in [-0.05, 0) is 161 Å². The minimum atomic E-state index is -5.11. The molecule has 6 fully saturated rings. The molecule has 147 heavy (non-hydrogen) atoms. The van der Waals surface area contributed by atoms with Crippen LogP contribution in [-0.2, 0) is 126 Å². The van der Waals surface area contributed by atoms with E-state index in [2.05, 4.69) is 15.6 Å². The Kier molecular flexibility index (Phi) is 33.1. The number of piperazine rings is 3. The lowest BCUT2D eigenvalue weighted by Gasteiger charge is -2.54. The number of alkyl halides is 12. The lowest BCUT2D eigenvalue weighted by atomic mass is 9.89. The zero-order chi connectivity index (χ0) is 105. The van der Waals surface area contributed by atoms with Gasteiger partial charge in [0.2, 0.25) is 35.4 Å². The number of hydrogen-bond acceptors (Lipinski definition) is 13. The van der Waals surface area contributed by atoms with Gasteiger partial charge in [0.1, 0.15) is 56.4 Å². The summed E-state index contributed by atoms with van der Waals surface area (Å²) in [6.07, 6.45) is -19.9. The van der Waals surface area contributed by atoms with Crippen molar-refractivity contribution < 1.29 is 115 Å². The van der Waals surface area contributed by atoms with Crippen LogP contribution in [0.2, 0.25) is 0 Å². The van der Waals surface area contributed by atoms with Gasteiger partial charge in [-0.3, -0.25) is 43.5 Å². The summed E-state index contributed by atoms with van der Waals surface area (Å²) in [4.78, 5) is 155. The zero-order valence-corrected chi connectivity index (χ0v) is 81.5. The Morgan fingerprint density at radius 1 is 0.401 bits per heavy atom. The Hall–Kier alpha value is -14.9. The molecule has 25 nitrogen and oxygen atoms in total. The number of hydrogen-bond donors (Lipinski definition) is 3. The Morgan fingerprint density at radius 2 is 0.816 bits per heavy atom. The van der Waals surface area contributed by atoms with Crippen molar-refractivity contribution in [2.75, 3.05) is 52.4 Å². The number of ether oxygens (including phenoxy) is 3. The number of rotatable bonds is 25. The molecular weight excluding hydrogens is 1930 g/mol. The molecule has 0 saturated carbocycles. The van der Waals surface area contributed by atoms with Crippen molar-refractivity contribution in [3.05, 3.63) is 332 Å². The highest BCUT2D eigenvalue weighted by molar-refractivity contribution is 5.96. The second-order valence-electron chi connectivity index (χ2n) is 38.2. The van der Waals surface area contributed by atoms with Crippen LogP contribution in [0, 0.1) is 37.5 Å². The number of nitrogens with zero attached hydrogens (tertiary/aromatic N) is 9. The van der Waals surface area contributed by atoms with Gasteiger partial charge in [-0.25, -0.2) is 19.2 Å². The van der Waals surface area contributed by atoms with Crippen molar-refractivity contribution in [3.63, 3.8) is 0 Å². The van der Waals surface area contributed by atoms with Gasteiger partial charge >= 0.3 is 49.0 Å². The maximum atomic E-state index is 14.5. The van der Waals surface area contributed by atoms with Gasteiger partial charge in [0.05, 0.1) is 59.6 Å². The Balaban J connectivity index is 0.000000167. The monoisotopic (exact) mass is 2040 g/mol. The van der Waals surface area contributed by atoms with E-state index in [0.29, 0.717) is 55.6 Å². The van der Waals surface area contributed by atoms with Gasteiger partial charge in [0.25, 0.3) is 0 Å². The lowest BCUT2D eigenvalue weighted by molar-refractivity contribution is -0.176. The van der Waals surface area contributed by atoms with E-state index in [1.165, 1.54) is 35.5 Å². The molecule has 9 atom stereocenters. The molecule has 6 aliphatic rings. The third-order valence-corrected chi connectivity index (χ3v) is 27.0. The molecule has 1 aromatic heterocycles. The van der Waals surface area contributed by atoms with Crippen molar-refractivity contribution in [1.29, 1.82) is 0 Å². The first-order valence-electron chi connectivity index (χ1n) is 48.5. The molecule has 0 unspecified atom stereocenters. The molecule has 6 saturated heterocycles. The molecule has 3 N–H and O–H groups in total. The van der Waals surface area contributed by atoms with Crippen LogP contribution in [-0.4, -0.2) is 198 Å². The first-order chi connectivity index (χ1) is 70.0. The Morgan fingerprint density at radius 3 is 1.31 bits per heavy atom. The van der Waals surface area contributed by atoms with Crippen molar-refractivity contribution in [3.8, 4) is 0 Å². The van der Waals surface area contributed by atoms with Crippen LogP contribution < -0.4 is 10.6 Å². The second-order valence-corrected chi connectivity index (χ2v) is 38.2. The van der Waals surface area contributed by atoms with E-state index < -0.39 is 150 Å². The molecule has 11 amide bonds. The van der Waals surface area contributed by atoms with E-state index in [1.807, 2.05) is 185 Å². The van der Waals surface area contributed by atoms with Crippen molar-refractivity contribution in [2.24, 2.45) is 23.7 Å². The SMILES string of the molecule is CCCNC(=O)NC[C@H]1C(=O)N(Cc2ccccc2)C[C@@H]2N(C(=O)OCc3cc(C(F)(F)F)cc(C(F)(F)F)c3)C[C@H](Cc3ccc4ccccc4c3)C(=O)N21.Cc1cc(COC(=O)N2C[C@H](C)C(=O)N3[C@@H]2CN(Cc2ccccc2)C(=O)[C@@H]3Cc2c[nH]c3ccccc23)cc(C(F)(F)F)c1.Cc1cc(COC(=O)N2C[C@H](CCCc3ccccc3)C(=O)N3[C@@H](C(C)C)C(=O)N(Cc4ccccc4)C[C@H]23)cc(C(F)(F)F)c1. The van der Waals surface area contributed by atoms with Gasteiger partial charge in [-0.2, -0.15) is 52.7 Å². The fourth-order valence-corrected chi connectivity index (χ4v) is 20.0. The molecule has 0 radical (unpaired) electrons. The van der Waals surface area contributed by atoms with Gasteiger partial charge in [-0.1, -0.05) is 233 Å². The molecule has 0 bridgehead atoms. The van der Waals surface area contributed by atoms with Crippen LogP contribution in [0.5, 0.6) is 0 Å². The number of nitrogens with one attached hydrogen (secondary N) is 3. The molecule has 0 spiro atoms. The number of aryl methyl sites for hydroxylation is 3. The number of benzene rings is 10. The van der Waals surface area contributed by atoms with Crippen molar-refractivity contribution in [2.45, 2.75) is 181 Å². The minimum absolute atomic E-state index is 0.0200. The Labute approximate surface area is 841 Å². The molecule has 6 aliphatic heterocycles. The number of H-pyrrole nitrogens is 1. The van der Waals surface area contributed by atoms with Gasteiger partial charge in [0, 0.05) is 75.9 Å². The normalized spacial score (nSPS) is 19.8. The summed E-state index contributed by atoms with van der Waals surface area (Å²) in [5, 5.41) is 8.10. The lowest BCUT2D eigenvalue weighted by Crippen LogP contribution is -2.74. The first kappa shape index (κ1) is 106. The third kappa shape index (κ3) is 25.8. The average Bonchev–Trinajstić information content (AvgIpc) is 1.42. The fraction of sp³-hybridized carbons (Fsp3) is 0.364. The number of carbonyl (C=O) groups excluding carboxylic acids is 10. The largest absolute Gasteiger partial charge is 0.444 e. The summed E-state index contributed by atoms with van der Waals surface area (Å²) in [5.41, 5.74) is 2.09. The van der Waals surface area contributed by atoms with Crippen molar-refractivity contribution in [1.82, 2.24) is 59.7 Å². The molecule has 7 heterocycles. The summed E-state index contributed by atoms with van der Waals surface area (Å²) in [6, 6.07) is 63.2. The van der Waals surface area contributed by atoms with E-state index in [-0.39, 0.29) is 132 Å². The highest BCUT2D eigenvalue weighted by Crippen LogP contribution is 2.42. The molecular formula is C110H112F12N12O13. The van der Waals surface area contributed by atoms with Gasteiger partial charge < -0.3 is 59.2 Å². The van der Waals surface area contributed by atoms with E-state index in [4.69, 9.17) is 14.2 Å². The summed E-state index contributed by atoms with van der Waals surface area (Å²) in [7, 11) is 0. The summed E-state index contributed by atoms with van der Waals surface area (Å²) < 4.78 is 179. The fourth-order valence-electron chi connectivity index (χ4n) is 20.0. The maximum absolute atomic E-state index is 14.5. The summed E-state index contributed by atoms with van der Waals surface area (Å²) >= 11 is 0. The summed E-state index contributed by atoms with van der Waals surface area (Å²) in [6.45, 7) is 9.29. The van der Waals surface area contributed by atoms with Crippen LogP contribution in [0.4, 0.5) is 71.9 Å². The second kappa shape index (κ2) is 45.8. The molecule has 0 aliphatic carbocycles. The first-order valence-corrected chi connectivity index (χ1v) is 48.5. The van der Waals surface area contributed by atoms with Crippen LogP contribution >= 0.6 is 0 Å². The highest BCUT2D eigenvalue weighted by Gasteiger charge is 2.57. The van der Waals surface area contributed by atoms with Crippen LogP contribution in [0.15, 0.2) is 249 Å². The quantitative estimate of drug-likeness (QED) is 0.0355. The maximum Gasteiger partial charge on any atom is 0.416 e. The van der Waals surface area contributed by atoms with Crippen molar-refractivity contribution >= 4 is 81.4 Å². The molecule has 774 valence electrons. The highest BCUT2D eigenvalue weighted by atomic mass is 19.4. The number of carbonyl (C=O) groups is 10. The predicted molar refractivity (Wildman–Crippen MR) is 520 cm³/mol. The number of amides is 11. The van der Waals surface area contributed by atoms with E-state index in [0.717, 1.165) is 85.7 Å². The van der Waals surface area contributed by atoms with Gasteiger partial charge in [-0.15, -0.1) is 0 Å². The van der Waals surface area contributed by atoms with Crippen LogP contribution in [0.3, 0.4) is 0 Å². The molecule has 11 aromatic rings. The topological polar surface area (TPSA) is 267 Å². The molecule has 17 rings (SSSR count). The summed E-state index contributed by atoms with van der Waals surface area (Å²) in [5.74, 6) is -4.15. The number of halogens is 12. The molecule has 10 aromatic carbocycles. The number of aromatic amines is 1. The number of fused-ring (bicyclic) bond motifs is 5. The smallest absolute Gasteiger partial charge is 0.416 e. The number of para-hydroxylation sites is 1. The number of urea groups is 1. The third-order valence-electron chi connectivity index (χ3n) is 27.0. The number of aromatic nitrogens is 1. The van der Waals surface area contributed by atoms with E-state index in [9.17, 15) is 101 Å². The van der Waals surface area contributed by atoms with E-state index >= 15 is 0 Å². The average molecular weight is 2040 g/mol. The standard InChI is InChI=1S/C40H39F6N5O5.C36H40F3N3O4.C34H33F3N4O4/c1-2-14-47-37(54)48-20-33-36(53)49(21-25-8-4-3-5-9-25)23-34-50(38(55)56-24-27-17-31(39(41,42)43)19-32(18-27)40(44,45)46)22-30(35(52)51(33)34)16-26-12-13-28-10-6-7-11-29(28)15-26;1-24(2)32-34(44)40(20-27-13-8-5-9-14-27)22-31-41(35(45)46-23-28-17-25(3)18-30(19-28)36(37,38)39)21-29(33(43)42(31)32)16-10-15-26-11-6-4-7-12-26;1-21-12-24(14-26(13-21)34(35,36)37)20-45-33(44)40-17-22(2)31(42)41-29(15-25-16-38-28-11-7-6-10-27(25)28)32(43)39(19-30(40)41)18-23-8-4-3-5-9-23/h3-13,15,17-19,30,33-34H,2,14,16,20-24H2,1H3,(H2,47,48,54);4-9,11-14,17-19,24,29,31-32H,10,15-16,20-23H2,1-3H3;3-14,16,22,29-30,38H,15,17-20H2,1-2H3/t30-,33-,34+;29-,31+,32-;22-,29-,30+/m000/s1. The Bertz CT molecular complexity index is 6550. The van der Waals surface area contributed by atoms with Crippen LogP contribution in [0.25, 0.3) is 21.7 Å². The predicted octanol–water partition coefficient (Wildman–Crippen LogP) is 19.7. The molecule has 37 heteroatoms. The van der Waals surface area contributed by atoms with Gasteiger partial charge in [0.15, 0.2) is 0 Å².